The van der Waals surface area contributed by atoms with Crippen LogP contribution in [0, 0.1) is 18.3 Å². The second kappa shape index (κ2) is 14.4. The highest BCUT2D eigenvalue weighted by Gasteiger charge is 2.35. The maximum Gasteiger partial charge on any atom is 0.435 e. The van der Waals surface area contributed by atoms with Crippen molar-refractivity contribution in [1.29, 1.82) is 0 Å². The minimum absolute atomic E-state index is 0.0346. The van der Waals surface area contributed by atoms with Crippen molar-refractivity contribution in [3.63, 3.8) is 0 Å². The number of rotatable bonds is 10. The van der Waals surface area contributed by atoms with E-state index < -0.39 is 39.4 Å². The highest BCUT2D eigenvalue weighted by atomic mass is 32.2. The summed E-state index contributed by atoms with van der Waals surface area (Å²) in [5.74, 6) is -0.492. The zero-order chi connectivity index (χ0) is 34.4. The van der Waals surface area contributed by atoms with Crippen LogP contribution in [0.4, 0.5) is 18.0 Å². The number of hydrogen-bond acceptors (Lipinski definition) is 10. The fraction of sp³-hybridized carbons (Fsp3) is 0.433. The number of nitrogens with zero attached hydrogens (tertiary/aromatic N) is 5. The molecule has 1 N–H and O–H groups in total. The number of sulfonamides is 1. The first-order chi connectivity index (χ1) is 22.0. The third kappa shape index (κ3) is 9.67. The van der Waals surface area contributed by atoms with Gasteiger partial charge in [-0.25, -0.2) is 22.6 Å². The molecule has 0 radical (unpaired) electrons. The third-order valence-electron chi connectivity index (χ3n) is 7.07. The molecule has 1 aliphatic rings. The Kier molecular flexibility index (Phi) is 10.8. The van der Waals surface area contributed by atoms with Gasteiger partial charge in [-0.2, -0.15) is 18.3 Å². The van der Waals surface area contributed by atoms with Gasteiger partial charge in [0.25, 0.3) is 16.8 Å². The molecule has 0 unspecified atom stereocenters. The van der Waals surface area contributed by atoms with Crippen molar-refractivity contribution in [1.82, 2.24) is 19.5 Å². The number of piperidine rings is 1. The molecule has 1 saturated heterocycles. The first-order valence-corrected chi connectivity index (χ1v) is 16.0. The Bertz CT molecular complexity index is 1680. The minimum atomic E-state index is -4.69. The van der Waals surface area contributed by atoms with Crippen molar-refractivity contribution in [3.8, 4) is 16.9 Å². The van der Waals surface area contributed by atoms with E-state index in [9.17, 15) is 31.2 Å². The van der Waals surface area contributed by atoms with Crippen LogP contribution in [0.5, 0.6) is 0 Å². The first-order valence-electron chi connectivity index (χ1n) is 14.5. The van der Waals surface area contributed by atoms with Crippen molar-refractivity contribution in [2.24, 2.45) is 21.8 Å². The Morgan fingerprint density at radius 1 is 1.00 bits per heavy atom. The van der Waals surface area contributed by atoms with Gasteiger partial charge in [-0.3, -0.25) is 9.80 Å². The van der Waals surface area contributed by atoms with Crippen LogP contribution in [0.2, 0.25) is 0 Å². The number of carbonyl (C=O) groups excluding carboxylic acids is 2. The van der Waals surface area contributed by atoms with E-state index in [4.69, 9.17) is 14.3 Å². The van der Waals surface area contributed by atoms with Gasteiger partial charge in [0, 0.05) is 23.9 Å². The lowest BCUT2D eigenvalue weighted by molar-refractivity contribution is -0.167. The van der Waals surface area contributed by atoms with Crippen LogP contribution in [0.1, 0.15) is 44.9 Å². The summed E-state index contributed by atoms with van der Waals surface area (Å²) < 4.78 is 79.1. The lowest BCUT2D eigenvalue weighted by atomic mass is 9.98. The second-order valence-electron chi connectivity index (χ2n) is 11.9. The first kappa shape index (κ1) is 35.2. The molecule has 1 aromatic heterocycles. The summed E-state index contributed by atoms with van der Waals surface area (Å²) >= 11 is 0. The van der Waals surface area contributed by atoms with E-state index in [-0.39, 0.29) is 35.6 Å². The molecule has 47 heavy (non-hydrogen) atoms. The summed E-state index contributed by atoms with van der Waals surface area (Å²) in [4.78, 5) is 28.6. The molecule has 2 aromatic carbocycles. The lowest BCUT2D eigenvalue weighted by Crippen LogP contribution is -2.35. The number of carbonyl (C=O) groups is 2. The Morgan fingerprint density at radius 2 is 1.64 bits per heavy atom. The standard InChI is InChI=1S/C30H35F3N6O7S/c1-20-5-7-22(8-6-20)25-17-26(30(31,32)33)34-39(25)23-9-11-24(12-10-23)47(42,43)35-28(41)44-18-21-13-15-38(16-14-21)36-37-46-19-45-27(40)29(2,3)4/h5-12,17,21H,13-16,18-19H2,1-4H3,(H,35,41)/b37-36-. The van der Waals surface area contributed by atoms with Crippen molar-refractivity contribution >= 4 is 22.1 Å². The van der Waals surface area contributed by atoms with Crippen molar-refractivity contribution in [3.05, 3.63) is 65.9 Å². The number of nitrogens with one attached hydrogen (secondary N) is 1. The van der Waals surface area contributed by atoms with Gasteiger partial charge >= 0.3 is 18.2 Å². The SMILES string of the molecule is Cc1ccc(-c2cc(C(F)(F)F)nn2-c2ccc(S(=O)(=O)NC(=O)OCC3CCN(/N=N\OCOC(=O)C(C)(C)C)CC3)cc2)cc1. The summed E-state index contributed by atoms with van der Waals surface area (Å²) in [6, 6.07) is 12.7. The molecule has 0 saturated carbocycles. The third-order valence-corrected chi connectivity index (χ3v) is 8.40. The topological polar surface area (TPSA) is 154 Å². The average molecular weight is 681 g/mol. The van der Waals surface area contributed by atoms with E-state index in [1.165, 1.54) is 12.1 Å². The predicted molar refractivity (Wildman–Crippen MR) is 161 cm³/mol. The number of benzene rings is 2. The number of aromatic nitrogens is 2. The van der Waals surface area contributed by atoms with Crippen molar-refractivity contribution in [2.45, 2.75) is 51.6 Å². The lowest BCUT2D eigenvalue weighted by Gasteiger charge is -2.28. The van der Waals surface area contributed by atoms with E-state index in [1.54, 1.807) is 50.0 Å². The molecule has 1 amide bonds. The van der Waals surface area contributed by atoms with Crippen LogP contribution in [-0.2, 0) is 35.3 Å². The average Bonchev–Trinajstić information content (AvgIpc) is 3.47. The minimum Gasteiger partial charge on any atom is -0.449 e. The molecule has 2 heterocycles. The van der Waals surface area contributed by atoms with Crippen LogP contribution >= 0.6 is 0 Å². The largest absolute Gasteiger partial charge is 0.449 e. The monoisotopic (exact) mass is 680 g/mol. The number of ether oxygens (including phenoxy) is 2. The van der Waals surface area contributed by atoms with Gasteiger partial charge in [-0.1, -0.05) is 29.8 Å². The summed E-state index contributed by atoms with van der Waals surface area (Å²) in [7, 11) is -4.35. The maximum absolute atomic E-state index is 13.5. The fourth-order valence-corrected chi connectivity index (χ4v) is 5.27. The van der Waals surface area contributed by atoms with E-state index in [0.717, 1.165) is 28.4 Å². The Hall–Kier alpha value is -4.67. The number of aryl methyl sites for hydroxylation is 1. The highest BCUT2D eigenvalue weighted by Crippen LogP contribution is 2.33. The molecule has 3 aromatic rings. The molecule has 254 valence electrons. The molecule has 1 aliphatic heterocycles. The number of esters is 1. The molecule has 4 rings (SSSR count). The van der Waals surface area contributed by atoms with Gasteiger partial charge in [-0.15, -0.1) is 0 Å². The number of halogens is 3. The van der Waals surface area contributed by atoms with E-state index in [2.05, 4.69) is 15.6 Å². The van der Waals surface area contributed by atoms with Gasteiger partial charge in [0.2, 0.25) is 0 Å². The zero-order valence-corrected chi connectivity index (χ0v) is 27.0. The van der Waals surface area contributed by atoms with Gasteiger partial charge in [-0.05, 0) is 82.0 Å². The highest BCUT2D eigenvalue weighted by molar-refractivity contribution is 7.90. The molecule has 0 atom stereocenters. The Balaban J connectivity index is 1.28. The quantitative estimate of drug-likeness (QED) is 0.0915. The maximum atomic E-state index is 13.5. The molecule has 0 bridgehead atoms. The molecule has 0 spiro atoms. The van der Waals surface area contributed by atoms with Gasteiger partial charge < -0.3 is 14.3 Å². The van der Waals surface area contributed by atoms with Crippen LogP contribution in [-0.4, -0.2) is 61.8 Å². The number of hydrogen-bond donors (Lipinski definition) is 1. The van der Waals surface area contributed by atoms with Crippen LogP contribution in [0.25, 0.3) is 16.9 Å². The Labute approximate surface area is 269 Å². The van der Waals surface area contributed by atoms with Crippen molar-refractivity contribution in [2.75, 3.05) is 26.5 Å². The molecule has 17 heteroatoms. The molecular weight excluding hydrogens is 645 g/mol. The van der Waals surface area contributed by atoms with Gasteiger partial charge in [0.1, 0.15) is 0 Å². The summed E-state index contributed by atoms with van der Waals surface area (Å²) in [5.41, 5.74) is -0.0182. The second-order valence-corrected chi connectivity index (χ2v) is 13.6. The fourth-order valence-electron chi connectivity index (χ4n) is 4.38. The zero-order valence-electron chi connectivity index (χ0n) is 26.2. The Morgan fingerprint density at radius 3 is 2.23 bits per heavy atom. The number of amides is 1. The van der Waals surface area contributed by atoms with Crippen LogP contribution in [0.3, 0.4) is 0 Å². The summed E-state index contributed by atoms with van der Waals surface area (Å²) in [5, 5.41) is 12.8. The predicted octanol–water partition coefficient (Wildman–Crippen LogP) is 5.84. The van der Waals surface area contributed by atoms with E-state index in [0.29, 0.717) is 31.5 Å². The normalized spacial score (nSPS) is 14.7. The summed E-state index contributed by atoms with van der Waals surface area (Å²) in [6.07, 6.45) is -4.71. The van der Waals surface area contributed by atoms with Crippen LogP contribution < -0.4 is 4.72 Å². The van der Waals surface area contributed by atoms with Crippen LogP contribution in [0.15, 0.2) is 70.0 Å². The molecule has 0 aliphatic carbocycles. The summed E-state index contributed by atoms with van der Waals surface area (Å²) in [6.45, 7) is 7.52. The van der Waals surface area contributed by atoms with Gasteiger partial charge in [0.05, 0.1) is 28.3 Å². The smallest absolute Gasteiger partial charge is 0.435 e. The molecular formula is C30H35F3N6O7S. The van der Waals surface area contributed by atoms with Crippen molar-refractivity contribution < 1.29 is 45.5 Å². The van der Waals surface area contributed by atoms with E-state index in [1.807, 2.05) is 11.6 Å². The van der Waals surface area contributed by atoms with E-state index >= 15 is 0 Å². The van der Waals surface area contributed by atoms with Gasteiger partial charge in [0.15, 0.2) is 5.69 Å². The molecule has 1 fully saturated rings. The molecule has 13 nitrogen and oxygen atoms in total. The number of alkyl halides is 3.